The van der Waals surface area contributed by atoms with Gasteiger partial charge in [-0.2, -0.15) is 0 Å². The Morgan fingerprint density at radius 2 is 1.89 bits per heavy atom. The van der Waals surface area contributed by atoms with E-state index in [0.29, 0.717) is 6.42 Å². The monoisotopic (exact) mass is 364 g/mol. The molecule has 0 aliphatic carbocycles. The first-order valence-electron chi connectivity index (χ1n) is 10.0. The van der Waals surface area contributed by atoms with Crippen LogP contribution in [0.4, 0.5) is 5.69 Å². The molecule has 0 saturated carbocycles. The van der Waals surface area contributed by atoms with Crippen LogP contribution in [0, 0.1) is 5.92 Å². The molecule has 2 aliphatic rings. The average molecular weight is 364 g/mol. The number of anilines is 1. The van der Waals surface area contributed by atoms with E-state index in [1.165, 1.54) is 24.8 Å². The summed E-state index contributed by atoms with van der Waals surface area (Å²) < 4.78 is 0. The van der Waals surface area contributed by atoms with Gasteiger partial charge >= 0.3 is 0 Å². The minimum absolute atomic E-state index is 0.0370. The van der Waals surface area contributed by atoms with Crippen LogP contribution in [-0.2, 0) is 17.6 Å². The Kier molecular flexibility index (Phi) is 5.55. The van der Waals surface area contributed by atoms with Crippen molar-refractivity contribution in [2.45, 2.75) is 38.2 Å². The largest absolute Gasteiger partial charge is 0.388 e. The highest BCUT2D eigenvalue weighted by Crippen LogP contribution is 2.28. The Balaban J connectivity index is 1.23. The number of carbonyl (C=O) groups is 1. The zero-order valence-corrected chi connectivity index (χ0v) is 15.7. The van der Waals surface area contributed by atoms with E-state index in [9.17, 15) is 9.90 Å². The lowest BCUT2D eigenvalue weighted by atomic mass is 9.90. The van der Waals surface area contributed by atoms with Crippen molar-refractivity contribution in [2.24, 2.45) is 5.92 Å². The highest BCUT2D eigenvalue weighted by molar-refractivity contribution is 5.99. The number of nitrogens with zero attached hydrogens (tertiary/aromatic N) is 1. The number of amides is 1. The molecule has 2 aliphatic heterocycles. The summed E-state index contributed by atoms with van der Waals surface area (Å²) in [7, 11) is 0. The molecule has 2 aromatic carbocycles. The van der Waals surface area contributed by atoms with Crippen LogP contribution >= 0.6 is 0 Å². The molecule has 4 heteroatoms. The van der Waals surface area contributed by atoms with Crippen LogP contribution in [0.2, 0.25) is 0 Å². The van der Waals surface area contributed by atoms with Crippen LogP contribution in [0.3, 0.4) is 0 Å². The molecule has 4 nitrogen and oxygen atoms in total. The molecule has 142 valence electrons. The maximum absolute atomic E-state index is 11.5. The zero-order chi connectivity index (χ0) is 18.6. The van der Waals surface area contributed by atoms with Gasteiger partial charge in [0.2, 0.25) is 5.91 Å². The lowest BCUT2D eigenvalue weighted by Gasteiger charge is -2.32. The van der Waals surface area contributed by atoms with Gasteiger partial charge in [0, 0.05) is 12.2 Å². The summed E-state index contributed by atoms with van der Waals surface area (Å²) in [5.41, 5.74) is 4.25. The Bertz CT molecular complexity index is 782. The quantitative estimate of drug-likeness (QED) is 0.824. The van der Waals surface area contributed by atoms with Crippen LogP contribution in [0.15, 0.2) is 48.5 Å². The Labute approximate surface area is 161 Å². The Morgan fingerprint density at radius 3 is 2.67 bits per heavy atom. The number of aliphatic hydroxyl groups is 1. The molecule has 0 bridgehead atoms. The number of hydrogen-bond donors (Lipinski definition) is 2. The van der Waals surface area contributed by atoms with Crippen molar-refractivity contribution >= 4 is 11.6 Å². The molecule has 2 aromatic rings. The lowest BCUT2D eigenvalue weighted by molar-refractivity contribution is -0.115. The predicted octanol–water partition coefficient (Wildman–Crippen LogP) is 3.56. The molecule has 27 heavy (non-hydrogen) atoms. The number of likely N-dealkylation sites (tertiary alicyclic amines) is 1. The molecular formula is C23H28N2O2. The first kappa shape index (κ1) is 18.2. The molecule has 4 rings (SSSR count). The molecule has 1 atom stereocenters. The van der Waals surface area contributed by atoms with Gasteiger partial charge in [-0.3, -0.25) is 4.79 Å². The Hall–Kier alpha value is -2.17. The van der Waals surface area contributed by atoms with Crippen molar-refractivity contribution in [1.29, 1.82) is 0 Å². The van der Waals surface area contributed by atoms with Crippen LogP contribution in [0.5, 0.6) is 0 Å². The van der Waals surface area contributed by atoms with Gasteiger partial charge in [-0.15, -0.1) is 0 Å². The van der Waals surface area contributed by atoms with Gasteiger partial charge in [-0.1, -0.05) is 42.5 Å². The first-order valence-corrected chi connectivity index (χ1v) is 10.0. The van der Waals surface area contributed by atoms with E-state index in [4.69, 9.17) is 0 Å². The van der Waals surface area contributed by atoms with E-state index in [1.54, 1.807) is 0 Å². The summed E-state index contributed by atoms with van der Waals surface area (Å²) in [4.78, 5) is 14.0. The highest BCUT2D eigenvalue weighted by Gasteiger charge is 2.22. The van der Waals surface area contributed by atoms with E-state index < -0.39 is 6.10 Å². The summed E-state index contributed by atoms with van der Waals surface area (Å²) in [5.74, 6) is 0.810. The fourth-order valence-corrected chi connectivity index (χ4v) is 4.29. The number of benzene rings is 2. The van der Waals surface area contributed by atoms with Crippen molar-refractivity contribution in [3.05, 3.63) is 65.2 Å². The van der Waals surface area contributed by atoms with Gasteiger partial charge in [0.25, 0.3) is 0 Å². The number of fused-ring (bicyclic) bond motifs is 1. The van der Waals surface area contributed by atoms with E-state index >= 15 is 0 Å². The summed E-state index contributed by atoms with van der Waals surface area (Å²) in [6.45, 7) is 3.16. The SMILES string of the molecule is O=C1Cc2cc(C(O)CCN3CCC(Cc4ccccc4)CC3)ccc2N1. The second-order valence-electron chi connectivity index (χ2n) is 7.92. The van der Waals surface area contributed by atoms with Crippen molar-refractivity contribution in [2.75, 3.05) is 25.0 Å². The summed E-state index contributed by atoms with van der Waals surface area (Å²) in [6, 6.07) is 16.6. The topological polar surface area (TPSA) is 52.6 Å². The van der Waals surface area contributed by atoms with Gasteiger partial charge in [0.15, 0.2) is 0 Å². The minimum atomic E-state index is -0.465. The van der Waals surface area contributed by atoms with Gasteiger partial charge in [-0.05, 0) is 67.4 Å². The third kappa shape index (κ3) is 4.57. The number of aliphatic hydroxyl groups excluding tert-OH is 1. The summed E-state index contributed by atoms with van der Waals surface area (Å²) in [5, 5.41) is 13.4. The van der Waals surface area contributed by atoms with E-state index in [0.717, 1.165) is 48.8 Å². The van der Waals surface area contributed by atoms with Gasteiger partial charge in [0.1, 0.15) is 0 Å². The van der Waals surface area contributed by atoms with Crippen molar-refractivity contribution in [1.82, 2.24) is 4.90 Å². The number of carbonyl (C=O) groups excluding carboxylic acids is 1. The first-order chi connectivity index (χ1) is 13.2. The molecule has 1 unspecified atom stereocenters. The Morgan fingerprint density at radius 1 is 1.11 bits per heavy atom. The van der Waals surface area contributed by atoms with Crippen molar-refractivity contribution < 1.29 is 9.90 Å². The van der Waals surface area contributed by atoms with Crippen molar-refractivity contribution in [3.63, 3.8) is 0 Å². The predicted molar refractivity (Wildman–Crippen MR) is 108 cm³/mol. The molecular weight excluding hydrogens is 336 g/mol. The molecule has 0 aromatic heterocycles. The lowest BCUT2D eigenvalue weighted by Crippen LogP contribution is -2.35. The van der Waals surface area contributed by atoms with Crippen molar-refractivity contribution in [3.8, 4) is 0 Å². The summed E-state index contributed by atoms with van der Waals surface area (Å²) in [6.07, 6.45) is 4.34. The van der Waals surface area contributed by atoms with Crippen LogP contribution in [-0.4, -0.2) is 35.5 Å². The van der Waals surface area contributed by atoms with E-state index in [2.05, 4.69) is 40.5 Å². The maximum atomic E-state index is 11.5. The molecule has 2 N–H and O–H groups in total. The highest BCUT2D eigenvalue weighted by atomic mass is 16.3. The molecule has 0 radical (unpaired) electrons. The standard InChI is InChI=1S/C23H28N2O2/c26-22(19-6-7-21-20(15-19)16-23(27)24-21)10-13-25-11-8-18(9-12-25)14-17-4-2-1-3-5-17/h1-7,15,18,22,26H,8-14,16H2,(H,24,27). The maximum Gasteiger partial charge on any atom is 0.228 e. The number of hydrogen-bond acceptors (Lipinski definition) is 3. The van der Waals surface area contributed by atoms with Crippen LogP contribution in [0.25, 0.3) is 0 Å². The molecule has 1 fully saturated rings. The average Bonchev–Trinajstić information content (AvgIpc) is 3.07. The third-order valence-electron chi connectivity index (χ3n) is 5.93. The molecule has 1 amide bonds. The smallest absolute Gasteiger partial charge is 0.228 e. The number of nitrogens with one attached hydrogen (secondary N) is 1. The number of piperidine rings is 1. The molecule has 2 heterocycles. The van der Waals surface area contributed by atoms with E-state index in [-0.39, 0.29) is 5.91 Å². The minimum Gasteiger partial charge on any atom is -0.388 e. The van der Waals surface area contributed by atoms with Gasteiger partial charge in [0.05, 0.1) is 12.5 Å². The fraction of sp³-hybridized carbons (Fsp3) is 0.435. The van der Waals surface area contributed by atoms with Crippen LogP contribution in [0.1, 0.15) is 42.1 Å². The second-order valence-corrected chi connectivity index (χ2v) is 7.92. The normalized spacial score (nSPS) is 18.9. The zero-order valence-electron chi connectivity index (χ0n) is 15.7. The second kappa shape index (κ2) is 8.24. The molecule has 1 saturated heterocycles. The number of rotatable bonds is 6. The third-order valence-corrected chi connectivity index (χ3v) is 5.93. The van der Waals surface area contributed by atoms with E-state index in [1.807, 2.05) is 18.2 Å². The molecule has 0 spiro atoms. The van der Waals surface area contributed by atoms with Gasteiger partial charge < -0.3 is 15.3 Å². The summed E-state index contributed by atoms with van der Waals surface area (Å²) >= 11 is 0. The van der Waals surface area contributed by atoms with Crippen LogP contribution < -0.4 is 5.32 Å². The fourth-order valence-electron chi connectivity index (χ4n) is 4.29. The van der Waals surface area contributed by atoms with Gasteiger partial charge in [-0.25, -0.2) is 0 Å².